The first kappa shape index (κ1) is 16.7. The van der Waals surface area contributed by atoms with Gasteiger partial charge in [-0.15, -0.1) is 11.3 Å². The van der Waals surface area contributed by atoms with Gasteiger partial charge in [0.25, 0.3) is 0 Å². The third-order valence-electron chi connectivity index (χ3n) is 4.19. The molecule has 2 aromatic rings. The van der Waals surface area contributed by atoms with Crippen molar-refractivity contribution in [2.75, 3.05) is 13.7 Å². The molecule has 1 aromatic heterocycles. The van der Waals surface area contributed by atoms with Crippen LogP contribution < -0.4 is 10.1 Å². The molecule has 0 amide bonds. The van der Waals surface area contributed by atoms with Gasteiger partial charge in [-0.05, 0) is 31.0 Å². The summed E-state index contributed by atoms with van der Waals surface area (Å²) in [7, 11) is 1.64. The molecule has 120 valence electrons. The number of rotatable bonds is 8. The van der Waals surface area contributed by atoms with Gasteiger partial charge in [-0.2, -0.15) is 0 Å². The van der Waals surface area contributed by atoms with Crippen molar-refractivity contribution in [2.24, 2.45) is 5.41 Å². The summed E-state index contributed by atoms with van der Waals surface area (Å²) in [5.41, 5.74) is 0.248. The number of aromatic nitrogens is 1. The number of aliphatic carboxylic acids is 1. The molecule has 1 heterocycles. The maximum absolute atomic E-state index is 11.5. The van der Waals surface area contributed by atoms with Crippen molar-refractivity contribution in [3.05, 3.63) is 23.2 Å². The van der Waals surface area contributed by atoms with Crippen molar-refractivity contribution in [2.45, 2.75) is 33.2 Å². The van der Waals surface area contributed by atoms with Gasteiger partial charge in [0, 0.05) is 13.1 Å². The second kappa shape index (κ2) is 7.07. The molecule has 0 saturated heterocycles. The molecule has 0 radical (unpaired) electrons. The van der Waals surface area contributed by atoms with E-state index in [2.05, 4.69) is 10.3 Å². The highest BCUT2D eigenvalue weighted by Gasteiger charge is 2.34. The van der Waals surface area contributed by atoms with Crippen LogP contribution in [-0.4, -0.2) is 29.7 Å². The molecule has 0 aliphatic rings. The molecule has 0 unspecified atom stereocenters. The quantitative estimate of drug-likeness (QED) is 0.780. The highest BCUT2D eigenvalue weighted by molar-refractivity contribution is 7.18. The molecule has 0 aliphatic carbocycles. The number of benzene rings is 1. The predicted molar refractivity (Wildman–Crippen MR) is 88.5 cm³/mol. The van der Waals surface area contributed by atoms with E-state index in [4.69, 9.17) is 4.74 Å². The van der Waals surface area contributed by atoms with Crippen molar-refractivity contribution < 1.29 is 14.6 Å². The fourth-order valence-corrected chi connectivity index (χ4v) is 3.41. The van der Waals surface area contributed by atoms with Gasteiger partial charge in [0.05, 0.1) is 22.7 Å². The second-order valence-electron chi connectivity index (χ2n) is 5.34. The molecule has 2 N–H and O–H groups in total. The van der Waals surface area contributed by atoms with E-state index in [0.717, 1.165) is 21.0 Å². The zero-order chi connectivity index (χ0) is 16.2. The topological polar surface area (TPSA) is 71.5 Å². The summed E-state index contributed by atoms with van der Waals surface area (Å²) >= 11 is 1.60. The molecular formula is C16H22N2O3S. The smallest absolute Gasteiger partial charge is 0.310 e. The number of hydrogen-bond donors (Lipinski definition) is 2. The number of nitrogens with zero attached hydrogens (tertiary/aromatic N) is 1. The highest BCUT2D eigenvalue weighted by Crippen LogP contribution is 2.28. The fourth-order valence-electron chi connectivity index (χ4n) is 2.44. The first-order valence-corrected chi connectivity index (χ1v) is 8.24. The lowest BCUT2D eigenvalue weighted by molar-refractivity contribution is -0.149. The van der Waals surface area contributed by atoms with E-state index in [1.165, 1.54) is 0 Å². The van der Waals surface area contributed by atoms with Crippen LogP contribution in [0.25, 0.3) is 10.2 Å². The average Bonchev–Trinajstić information content (AvgIpc) is 2.93. The molecular weight excluding hydrogens is 300 g/mol. The molecule has 0 spiro atoms. The average molecular weight is 322 g/mol. The molecule has 0 saturated carbocycles. The Labute approximate surface area is 134 Å². The first-order valence-electron chi connectivity index (χ1n) is 7.42. The molecule has 0 aliphatic heterocycles. The fraction of sp³-hybridized carbons (Fsp3) is 0.500. The summed E-state index contributed by atoms with van der Waals surface area (Å²) in [4.78, 5) is 16.0. The van der Waals surface area contributed by atoms with Crippen molar-refractivity contribution in [1.82, 2.24) is 10.3 Å². The van der Waals surface area contributed by atoms with Crippen molar-refractivity contribution in [1.29, 1.82) is 0 Å². The van der Waals surface area contributed by atoms with Gasteiger partial charge in [-0.25, -0.2) is 4.98 Å². The minimum absolute atomic E-state index is 0.453. The van der Waals surface area contributed by atoms with Crippen LogP contribution in [-0.2, 0) is 11.3 Å². The maximum Gasteiger partial charge on any atom is 0.310 e. The molecule has 0 atom stereocenters. The van der Waals surface area contributed by atoms with E-state index in [9.17, 15) is 9.90 Å². The van der Waals surface area contributed by atoms with Crippen LogP contribution >= 0.6 is 11.3 Å². The molecule has 2 rings (SSSR count). The van der Waals surface area contributed by atoms with Crippen LogP contribution in [0, 0.1) is 5.41 Å². The number of carboxylic acid groups (broad SMARTS) is 1. The van der Waals surface area contributed by atoms with Gasteiger partial charge >= 0.3 is 5.97 Å². The summed E-state index contributed by atoms with van der Waals surface area (Å²) in [6.07, 6.45) is 1.23. The predicted octanol–water partition coefficient (Wildman–Crippen LogP) is 3.29. The Morgan fingerprint density at radius 1 is 1.41 bits per heavy atom. The third-order valence-corrected chi connectivity index (χ3v) is 5.20. The van der Waals surface area contributed by atoms with Crippen molar-refractivity contribution in [3.63, 3.8) is 0 Å². The number of carboxylic acids is 1. The largest absolute Gasteiger partial charge is 0.497 e. The van der Waals surface area contributed by atoms with E-state index in [1.54, 1.807) is 18.4 Å². The lowest BCUT2D eigenvalue weighted by Gasteiger charge is -2.26. The normalized spacial score (nSPS) is 11.8. The van der Waals surface area contributed by atoms with E-state index in [-0.39, 0.29) is 0 Å². The number of ether oxygens (including phenoxy) is 1. The van der Waals surface area contributed by atoms with E-state index < -0.39 is 11.4 Å². The molecule has 5 nitrogen and oxygen atoms in total. The Morgan fingerprint density at radius 2 is 2.14 bits per heavy atom. The van der Waals surface area contributed by atoms with Gasteiger partial charge in [0.15, 0.2) is 0 Å². The summed E-state index contributed by atoms with van der Waals surface area (Å²) in [6, 6.07) is 5.80. The lowest BCUT2D eigenvalue weighted by atomic mass is 9.82. The van der Waals surface area contributed by atoms with Crippen LogP contribution in [0.3, 0.4) is 0 Å². The van der Waals surface area contributed by atoms with Gasteiger partial charge in [-0.3, -0.25) is 4.79 Å². The summed E-state index contributed by atoms with van der Waals surface area (Å²) in [5.74, 6) is 0.0801. The maximum atomic E-state index is 11.5. The second-order valence-corrected chi connectivity index (χ2v) is 6.45. The molecule has 0 bridgehead atoms. The monoisotopic (exact) mass is 322 g/mol. The van der Waals surface area contributed by atoms with E-state index in [1.807, 2.05) is 32.0 Å². The zero-order valence-corrected chi connectivity index (χ0v) is 14.0. The first-order chi connectivity index (χ1) is 10.5. The van der Waals surface area contributed by atoms with E-state index >= 15 is 0 Å². The van der Waals surface area contributed by atoms with Gasteiger partial charge in [0.2, 0.25) is 0 Å². The third kappa shape index (κ3) is 3.39. The Kier molecular flexibility index (Phi) is 5.37. The summed E-state index contributed by atoms with van der Waals surface area (Å²) in [6.45, 7) is 4.87. The van der Waals surface area contributed by atoms with Crippen LogP contribution in [0.5, 0.6) is 5.75 Å². The Hall–Kier alpha value is -1.66. The Balaban J connectivity index is 2.04. The number of fused-ring (bicyclic) bond motifs is 1. The van der Waals surface area contributed by atoms with Gasteiger partial charge in [0.1, 0.15) is 10.8 Å². The Morgan fingerprint density at radius 3 is 2.73 bits per heavy atom. The van der Waals surface area contributed by atoms with Crippen LogP contribution in [0.15, 0.2) is 18.2 Å². The zero-order valence-electron chi connectivity index (χ0n) is 13.2. The highest BCUT2D eigenvalue weighted by atomic mass is 32.1. The Bertz CT molecular complexity index is 650. The standard InChI is InChI=1S/C16H22N2O3S/c1-4-16(5-2,15(19)20)10-17-9-14-18-12-7-6-11(21-3)8-13(12)22-14/h6-8,17H,4-5,9-10H2,1-3H3,(H,19,20). The van der Waals surface area contributed by atoms with E-state index in [0.29, 0.717) is 25.9 Å². The minimum atomic E-state index is -0.737. The molecule has 6 heteroatoms. The van der Waals surface area contributed by atoms with Crippen molar-refractivity contribution >= 4 is 27.5 Å². The van der Waals surface area contributed by atoms with Crippen LogP contribution in [0.1, 0.15) is 31.7 Å². The number of carbonyl (C=O) groups is 1. The SMILES string of the molecule is CCC(CC)(CNCc1nc2ccc(OC)cc2s1)C(=O)O. The lowest BCUT2D eigenvalue weighted by Crippen LogP contribution is -2.39. The summed E-state index contributed by atoms with van der Waals surface area (Å²) in [5, 5.41) is 13.6. The van der Waals surface area contributed by atoms with Crippen molar-refractivity contribution in [3.8, 4) is 5.75 Å². The number of nitrogens with one attached hydrogen (secondary N) is 1. The van der Waals surface area contributed by atoms with Gasteiger partial charge in [-0.1, -0.05) is 13.8 Å². The molecule has 22 heavy (non-hydrogen) atoms. The number of thiazole rings is 1. The van der Waals surface area contributed by atoms with Gasteiger partial charge < -0.3 is 15.2 Å². The van der Waals surface area contributed by atoms with Crippen LogP contribution in [0.2, 0.25) is 0 Å². The van der Waals surface area contributed by atoms with Crippen LogP contribution in [0.4, 0.5) is 0 Å². The number of methoxy groups -OCH3 is 1. The summed E-state index contributed by atoms with van der Waals surface area (Å²) < 4.78 is 6.29. The number of hydrogen-bond acceptors (Lipinski definition) is 5. The molecule has 1 aromatic carbocycles. The minimum Gasteiger partial charge on any atom is -0.497 e. The molecule has 0 fully saturated rings.